The molecule has 4 atom stereocenters. The zero-order chi connectivity index (χ0) is 51.6. The van der Waals surface area contributed by atoms with E-state index in [1.165, 1.54) is 69.2 Å². The monoisotopic (exact) mass is 947 g/mol. The zero-order valence-corrected chi connectivity index (χ0v) is 40.9. The standard InChI is InChI=1S/C52H65N7O10/c1-30(54-45(66)49(3,4)29-40(60)38(56-46(67)50(5,6)53)28-33-22-23-34-16-14-15-19-37(34)26-33)42(62)58-52(9,10)48(69)57-39(43(63)59-51(7,8)47(68)55-31(2)44(64)65)27-32-20-24-36(25-21-32)41(61)35-17-12-11-13-18-35/h11-26,30-31,38-39H,27-29,53H2,1-10H3,(H,54,66)(H,55,68)(H,56,67)(H,57,69)(H,58,62)(H,59,63)(H,64,65). The smallest absolute Gasteiger partial charge is 0.325 e. The summed E-state index contributed by atoms with van der Waals surface area (Å²) in [6.07, 6.45) is -0.332. The first-order valence-corrected chi connectivity index (χ1v) is 22.6. The number of hydrogen-bond donors (Lipinski definition) is 8. The molecule has 0 saturated carbocycles. The molecule has 6 amide bonds. The number of nitrogens with two attached hydrogens (primary N) is 1. The minimum Gasteiger partial charge on any atom is -0.480 e. The van der Waals surface area contributed by atoms with Gasteiger partial charge in [0.2, 0.25) is 35.4 Å². The fourth-order valence-electron chi connectivity index (χ4n) is 6.98. The van der Waals surface area contributed by atoms with Gasteiger partial charge in [-0.2, -0.15) is 0 Å². The number of carboxylic acid groups (broad SMARTS) is 1. The van der Waals surface area contributed by atoms with Crippen molar-refractivity contribution < 1.29 is 48.3 Å². The Labute approximate surface area is 402 Å². The summed E-state index contributed by atoms with van der Waals surface area (Å²) < 4.78 is 0. The van der Waals surface area contributed by atoms with Gasteiger partial charge in [-0.1, -0.05) is 111 Å². The average Bonchev–Trinajstić information content (AvgIpc) is 3.27. The number of carbonyl (C=O) groups is 9. The van der Waals surface area contributed by atoms with E-state index >= 15 is 0 Å². The van der Waals surface area contributed by atoms with Crippen LogP contribution in [0.4, 0.5) is 0 Å². The summed E-state index contributed by atoms with van der Waals surface area (Å²) in [6.45, 7) is 14.2. The van der Waals surface area contributed by atoms with Crippen LogP contribution in [0.1, 0.15) is 103 Å². The third-order valence-corrected chi connectivity index (χ3v) is 11.5. The first kappa shape index (κ1) is 54.3. The highest BCUT2D eigenvalue weighted by Crippen LogP contribution is 2.25. The van der Waals surface area contributed by atoms with Crippen LogP contribution in [-0.2, 0) is 51.2 Å². The second-order valence-electron chi connectivity index (χ2n) is 19.7. The molecule has 17 nitrogen and oxygen atoms in total. The first-order valence-electron chi connectivity index (χ1n) is 22.6. The van der Waals surface area contributed by atoms with E-state index in [1.807, 2.05) is 42.5 Å². The number of fused-ring (bicyclic) bond motifs is 1. The van der Waals surface area contributed by atoms with Gasteiger partial charge in [-0.15, -0.1) is 0 Å². The molecule has 69 heavy (non-hydrogen) atoms. The maximum absolute atomic E-state index is 14.0. The molecule has 0 fully saturated rings. The van der Waals surface area contributed by atoms with Gasteiger partial charge in [0.05, 0.1) is 17.0 Å². The second kappa shape index (κ2) is 22.2. The molecule has 0 spiro atoms. The summed E-state index contributed by atoms with van der Waals surface area (Å²) >= 11 is 0. The van der Waals surface area contributed by atoms with Crippen molar-refractivity contribution in [3.05, 3.63) is 119 Å². The minimum absolute atomic E-state index is 0.128. The number of amides is 6. The Kier molecular flexibility index (Phi) is 17.5. The van der Waals surface area contributed by atoms with Crippen LogP contribution in [0, 0.1) is 5.41 Å². The lowest BCUT2D eigenvalue weighted by molar-refractivity contribution is -0.142. The number of rotatable bonds is 22. The topological polar surface area (TPSA) is 272 Å². The zero-order valence-electron chi connectivity index (χ0n) is 40.9. The molecule has 0 saturated heterocycles. The molecule has 4 aromatic rings. The molecule has 4 aromatic carbocycles. The summed E-state index contributed by atoms with van der Waals surface area (Å²) in [4.78, 5) is 120. The molecule has 0 aliphatic heterocycles. The fraction of sp³-hybridized carbons (Fsp3) is 0.404. The van der Waals surface area contributed by atoms with Gasteiger partial charge in [0.25, 0.3) is 0 Å². The molecule has 4 unspecified atom stereocenters. The van der Waals surface area contributed by atoms with Crippen molar-refractivity contribution in [1.82, 2.24) is 31.9 Å². The lowest BCUT2D eigenvalue weighted by Gasteiger charge is -2.32. The Balaban J connectivity index is 1.47. The molecular weight excluding hydrogens is 883 g/mol. The van der Waals surface area contributed by atoms with Crippen molar-refractivity contribution in [2.75, 3.05) is 0 Å². The van der Waals surface area contributed by atoms with Crippen molar-refractivity contribution >= 4 is 63.8 Å². The first-order chi connectivity index (χ1) is 32.0. The van der Waals surface area contributed by atoms with E-state index in [2.05, 4.69) is 31.9 Å². The Morgan fingerprint density at radius 1 is 0.522 bits per heavy atom. The number of carbonyl (C=O) groups excluding carboxylic acids is 8. The van der Waals surface area contributed by atoms with Crippen LogP contribution in [-0.4, -0.2) is 98.9 Å². The van der Waals surface area contributed by atoms with Gasteiger partial charge in [-0.05, 0) is 83.7 Å². The van der Waals surface area contributed by atoms with Crippen LogP contribution >= 0.6 is 0 Å². The van der Waals surface area contributed by atoms with Crippen LogP contribution in [0.15, 0.2) is 97.1 Å². The van der Waals surface area contributed by atoms with Gasteiger partial charge >= 0.3 is 5.97 Å². The average molecular weight is 948 g/mol. The Bertz CT molecular complexity index is 2580. The highest BCUT2D eigenvalue weighted by atomic mass is 16.4. The lowest BCUT2D eigenvalue weighted by atomic mass is 9.83. The molecule has 9 N–H and O–H groups in total. The quantitative estimate of drug-likeness (QED) is 0.0529. The summed E-state index contributed by atoms with van der Waals surface area (Å²) in [5.41, 5.74) is 2.16. The highest BCUT2D eigenvalue weighted by Gasteiger charge is 2.40. The van der Waals surface area contributed by atoms with Gasteiger partial charge in [0.15, 0.2) is 11.6 Å². The highest BCUT2D eigenvalue weighted by molar-refractivity contribution is 6.09. The second-order valence-corrected chi connectivity index (χ2v) is 19.7. The van der Waals surface area contributed by atoms with Gasteiger partial charge in [-0.3, -0.25) is 43.2 Å². The third kappa shape index (κ3) is 15.1. The summed E-state index contributed by atoms with van der Waals surface area (Å²) in [5.74, 6) is -6.40. The van der Waals surface area contributed by atoms with Crippen molar-refractivity contribution in [3.8, 4) is 0 Å². The van der Waals surface area contributed by atoms with Crippen LogP contribution in [0.5, 0.6) is 0 Å². The normalized spacial score (nSPS) is 13.7. The van der Waals surface area contributed by atoms with Crippen molar-refractivity contribution in [2.45, 2.75) is 129 Å². The Morgan fingerprint density at radius 3 is 1.58 bits per heavy atom. The number of hydrogen-bond acceptors (Lipinski definition) is 10. The third-order valence-electron chi connectivity index (χ3n) is 11.5. The van der Waals surface area contributed by atoms with E-state index in [4.69, 9.17) is 5.73 Å². The number of nitrogens with one attached hydrogen (secondary N) is 6. The molecule has 0 heterocycles. The maximum atomic E-state index is 14.0. The van der Waals surface area contributed by atoms with Crippen LogP contribution in [0.3, 0.4) is 0 Å². The maximum Gasteiger partial charge on any atom is 0.325 e. The molecule has 0 aliphatic rings. The largest absolute Gasteiger partial charge is 0.480 e. The van der Waals surface area contributed by atoms with Gasteiger partial charge < -0.3 is 42.7 Å². The molecular formula is C52H65N7O10. The molecule has 17 heteroatoms. The number of Topliss-reactive ketones (excluding diaryl/α,β-unsaturated/α-hetero) is 1. The van der Waals surface area contributed by atoms with Crippen LogP contribution in [0.25, 0.3) is 10.8 Å². The van der Waals surface area contributed by atoms with Crippen molar-refractivity contribution in [1.29, 1.82) is 0 Å². The molecule has 0 radical (unpaired) electrons. The number of carboxylic acids is 1. The molecule has 4 rings (SSSR count). The van der Waals surface area contributed by atoms with Gasteiger partial charge in [-0.25, -0.2) is 0 Å². The summed E-state index contributed by atoms with van der Waals surface area (Å²) in [5, 5.41) is 26.8. The van der Waals surface area contributed by atoms with E-state index < -0.39 is 93.4 Å². The summed E-state index contributed by atoms with van der Waals surface area (Å²) in [7, 11) is 0. The van der Waals surface area contributed by atoms with Crippen molar-refractivity contribution in [2.24, 2.45) is 11.1 Å². The molecule has 368 valence electrons. The number of benzene rings is 4. The fourth-order valence-corrected chi connectivity index (χ4v) is 6.98. The predicted octanol–water partition coefficient (Wildman–Crippen LogP) is 3.43. The van der Waals surface area contributed by atoms with E-state index in [0.29, 0.717) is 16.7 Å². The Morgan fingerprint density at radius 2 is 1.00 bits per heavy atom. The SMILES string of the molecule is CC(NC(=O)C(C)(C)NC(=O)C(Cc1ccc(C(=O)c2ccccc2)cc1)NC(=O)C(C)(C)NC(=O)C(C)NC(=O)C(C)(C)CC(=O)C(Cc1ccc2ccccc2c1)NC(=O)C(C)(C)N)C(=O)O. The molecule has 0 aliphatic carbocycles. The van der Waals surface area contributed by atoms with Crippen molar-refractivity contribution in [3.63, 3.8) is 0 Å². The minimum atomic E-state index is -1.71. The Hall–Kier alpha value is -7.27. The lowest BCUT2D eigenvalue weighted by Crippen LogP contribution is -2.64. The van der Waals surface area contributed by atoms with Gasteiger partial charge in [0.1, 0.15) is 29.2 Å². The van der Waals surface area contributed by atoms with Crippen LogP contribution in [0.2, 0.25) is 0 Å². The summed E-state index contributed by atoms with van der Waals surface area (Å²) in [6, 6.07) is 23.5. The number of aliphatic carboxylic acids is 1. The number of ketones is 2. The van der Waals surface area contributed by atoms with Gasteiger partial charge in [0, 0.05) is 24.0 Å². The van der Waals surface area contributed by atoms with E-state index in [9.17, 15) is 48.3 Å². The molecule has 0 aromatic heterocycles. The van der Waals surface area contributed by atoms with E-state index in [0.717, 1.165) is 16.3 Å². The predicted molar refractivity (Wildman–Crippen MR) is 260 cm³/mol. The van der Waals surface area contributed by atoms with E-state index in [1.54, 1.807) is 54.6 Å². The van der Waals surface area contributed by atoms with E-state index in [-0.39, 0.29) is 25.0 Å². The van der Waals surface area contributed by atoms with Crippen LogP contribution < -0.4 is 37.6 Å². The molecule has 0 bridgehead atoms.